The Balaban J connectivity index is 1.61. The van der Waals surface area contributed by atoms with E-state index in [1.807, 2.05) is 0 Å². The smallest absolute Gasteiger partial charge is 0.238 e. The van der Waals surface area contributed by atoms with E-state index in [-0.39, 0.29) is 5.91 Å². The fourth-order valence-electron chi connectivity index (χ4n) is 4.49. The van der Waals surface area contributed by atoms with E-state index in [4.69, 9.17) is 10.5 Å². The molecule has 0 saturated carbocycles. The van der Waals surface area contributed by atoms with Crippen LogP contribution in [0, 0.1) is 0 Å². The first kappa shape index (κ1) is 17.1. The highest BCUT2D eigenvalue weighted by molar-refractivity contribution is 5.84. The number of amides is 1. The summed E-state index contributed by atoms with van der Waals surface area (Å²) in [6.45, 7) is 9.92. The number of carbonyl (C=O) groups is 1. The van der Waals surface area contributed by atoms with Crippen molar-refractivity contribution in [3.63, 3.8) is 0 Å². The van der Waals surface area contributed by atoms with Crippen LogP contribution in [0.5, 0.6) is 0 Å². The van der Waals surface area contributed by atoms with Gasteiger partial charge in [0.1, 0.15) is 5.54 Å². The molecule has 3 aliphatic heterocycles. The van der Waals surface area contributed by atoms with E-state index in [1.165, 1.54) is 19.3 Å². The van der Waals surface area contributed by atoms with E-state index >= 15 is 0 Å². The lowest BCUT2D eigenvalue weighted by molar-refractivity contribution is -0.136. The van der Waals surface area contributed by atoms with Gasteiger partial charge in [-0.25, -0.2) is 0 Å². The highest BCUT2D eigenvalue weighted by Crippen LogP contribution is 2.32. The molecule has 0 aromatic heterocycles. The second-order valence-corrected chi connectivity index (χ2v) is 7.26. The second-order valence-electron chi connectivity index (χ2n) is 7.26. The SMILES string of the molecule is CC(N1CCOCC1)N1CCC(C(N)=O)(N2CCCCC2)CC1. The maximum atomic E-state index is 12.3. The van der Waals surface area contributed by atoms with Crippen molar-refractivity contribution in [2.75, 3.05) is 52.5 Å². The third-order valence-electron chi connectivity index (χ3n) is 6.15. The molecule has 2 N–H and O–H groups in total. The summed E-state index contributed by atoms with van der Waals surface area (Å²) < 4.78 is 5.45. The molecule has 0 bridgehead atoms. The van der Waals surface area contributed by atoms with E-state index in [0.717, 1.165) is 65.3 Å². The highest BCUT2D eigenvalue weighted by atomic mass is 16.5. The van der Waals surface area contributed by atoms with Crippen LogP contribution in [0.15, 0.2) is 0 Å². The van der Waals surface area contributed by atoms with Gasteiger partial charge in [-0.15, -0.1) is 0 Å². The number of piperidine rings is 2. The van der Waals surface area contributed by atoms with Gasteiger partial charge in [0.25, 0.3) is 0 Å². The van der Waals surface area contributed by atoms with Crippen molar-refractivity contribution in [3.8, 4) is 0 Å². The molecule has 3 heterocycles. The summed E-state index contributed by atoms with van der Waals surface area (Å²) in [7, 11) is 0. The topological polar surface area (TPSA) is 62.0 Å². The molecular formula is C17H32N4O2. The molecule has 0 aliphatic carbocycles. The fourth-order valence-corrected chi connectivity index (χ4v) is 4.49. The molecule has 23 heavy (non-hydrogen) atoms. The first-order valence-electron chi connectivity index (χ1n) is 9.24. The zero-order valence-electron chi connectivity index (χ0n) is 14.5. The molecule has 132 valence electrons. The molecule has 6 heteroatoms. The lowest BCUT2D eigenvalue weighted by atomic mass is 9.83. The van der Waals surface area contributed by atoms with Crippen LogP contribution in [0.25, 0.3) is 0 Å². The van der Waals surface area contributed by atoms with Gasteiger partial charge < -0.3 is 10.5 Å². The van der Waals surface area contributed by atoms with Crippen LogP contribution in [-0.4, -0.2) is 84.8 Å². The monoisotopic (exact) mass is 324 g/mol. The van der Waals surface area contributed by atoms with Gasteiger partial charge in [-0.1, -0.05) is 6.42 Å². The average molecular weight is 324 g/mol. The minimum absolute atomic E-state index is 0.113. The summed E-state index contributed by atoms with van der Waals surface area (Å²) in [5.41, 5.74) is 5.47. The molecular weight excluding hydrogens is 292 g/mol. The predicted octanol–water partition coefficient (Wildman–Crippen LogP) is 0.470. The van der Waals surface area contributed by atoms with Gasteiger partial charge in [0, 0.05) is 26.2 Å². The summed E-state index contributed by atoms with van der Waals surface area (Å²) >= 11 is 0. The maximum Gasteiger partial charge on any atom is 0.238 e. The normalized spacial score (nSPS) is 29.3. The molecule has 1 atom stereocenters. The van der Waals surface area contributed by atoms with Gasteiger partial charge in [0.05, 0.1) is 19.4 Å². The van der Waals surface area contributed by atoms with Gasteiger partial charge in [-0.05, 0) is 45.7 Å². The number of nitrogens with two attached hydrogens (primary N) is 1. The second kappa shape index (κ2) is 7.47. The predicted molar refractivity (Wildman–Crippen MR) is 90.0 cm³/mol. The van der Waals surface area contributed by atoms with Crippen LogP contribution in [0.1, 0.15) is 39.0 Å². The summed E-state index contributed by atoms with van der Waals surface area (Å²) in [6.07, 6.45) is 5.84. The van der Waals surface area contributed by atoms with Crippen LogP contribution in [0.2, 0.25) is 0 Å². The molecule has 3 saturated heterocycles. The van der Waals surface area contributed by atoms with Crippen molar-refractivity contribution in [2.45, 2.75) is 50.7 Å². The van der Waals surface area contributed by atoms with Crippen molar-refractivity contribution in [1.29, 1.82) is 0 Å². The third kappa shape index (κ3) is 3.55. The van der Waals surface area contributed by atoms with Crippen LogP contribution in [-0.2, 0) is 9.53 Å². The molecule has 0 spiro atoms. The van der Waals surface area contributed by atoms with Gasteiger partial charge in [0.2, 0.25) is 5.91 Å². The Hall–Kier alpha value is -0.690. The highest BCUT2D eigenvalue weighted by Gasteiger charge is 2.45. The quantitative estimate of drug-likeness (QED) is 0.814. The number of hydrogen-bond donors (Lipinski definition) is 1. The number of primary amides is 1. The van der Waals surface area contributed by atoms with Gasteiger partial charge >= 0.3 is 0 Å². The minimum atomic E-state index is -0.401. The Bertz CT molecular complexity index is 397. The van der Waals surface area contributed by atoms with Gasteiger partial charge in [-0.3, -0.25) is 19.5 Å². The van der Waals surface area contributed by atoms with Crippen molar-refractivity contribution in [1.82, 2.24) is 14.7 Å². The number of likely N-dealkylation sites (tertiary alicyclic amines) is 2. The number of ether oxygens (including phenoxy) is 1. The number of rotatable bonds is 4. The van der Waals surface area contributed by atoms with Gasteiger partial charge in [-0.2, -0.15) is 0 Å². The van der Waals surface area contributed by atoms with E-state index < -0.39 is 5.54 Å². The van der Waals surface area contributed by atoms with E-state index in [1.54, 1.807) is 0 Å². The van der Waals surface area contributed by atoms with Crippen LogP contribution < -0.4 is 5.73 Å². The molecule has 1 amide bonds. The molecule has 3 fully saturated rings. The van der Waals surface area contributed by atoms with Gasteiger partial charge in [0.15, 0.2) is 0 Å². The Kier molecular flexibility index (Phi) is 5.57. The maximum absolute atomic E-state index is 12.3. The summed E-state index contributed by atoms with van der Waals surface area (Å²) in [4.78, 5) is 19.7. The number of hydrogen-bond acceptors (Lipinski definition) is 5. The standard InChI is InChI=1S/C17H32N4O2/c1-15(20-11-13-23-14-12-20)19-9-5-17(6-10-19,16(18)22)21-7-3-2-4-8-21/h15H,2-14H2,1H3,(H2,18,22). The zero-order valence-corrected chi connectivity index (χ0v) is 14.5. The Morgan fingerprint density at radius 1 is 0.957 bits per heavy atom. The Labute approximate surface area is 139 Å². The summed E-state index contributed by atoms with van der Waals surface area (Å²) in [5, 5.41) is 0. The number of morpholine rings is 1. The average Bonchev–Trinajstić information content (AvgIpc) is 2.62. The number of nitrogens with zero attached hydrogens (tertiary/aromatic N) is 3. The van der Waals surface area contributed by atoms with E-state index in [2.05, 4.69) is 21.6 Å². The minimum Gasteiger partial charge on any atom is -0.379 e. The van der Waals surface area contributed by atoms with E-state index in [9.17, 15) is 4.79 Å². The molecule has 6 nitrogen and oxygen atoms in total. The lowest BCUT2D eigenvalue weighted by Crippen LogP contribution is -2.65. The molecule has 3 aliphatic rings. The van der Waals surface area contributed by atoms with Crippen molar-refractivity contribution < 1.29 is 9.53 Å². The van der Waals surface area contributed by atoms with Crippen molar-refractivity contribution in [3.05, 3.63) is 0 Å². The molecule has 1 unspecified atom stereocenters. The summed E-state index contributed by atoms with van der Waals surface area (Å²) in [5.74, 6) is -0.113. The van der Waals surface area contributed by atoms with Crippen LogP contribution >= 0.6 is 0 Å². The number of carbonyl (C=O) groups excluding carboxylic acids is 1. The Morgan fingerprint density at radius 2 is 1.52 bits per heavy atom. The first-order chi connectivity index (χ1) is 11.1. The summed E-state index contributed by atoms with van der Waals surface area (Å²) in [6, 6.07) is 0. The van der Waals surface area contributed by atoms with Crippen molar-refractivity contribution in [2.24, 2.45) is 5.73 Å². The van der Waals surface area contributed by atoms with Crippen molar-refractivity contribution >= 4 is 5.91 Å². The molecule has 0 aromatic rings. The largest absolute Gasteiger partial charge is 0.379 e. The molecule has 0 radical (unpaired) electrons. The van der Waals surface area contributed by atoms with Crippen LogP contribution in [0.3, 0.4) is 0 Å². The third-order valence-corrected chi connectivity index (χ3v) is 6.15. The first-order valence-corrected chi connectivity index (χ1v) is 9.24. The van der Waals surface area contributed by atoms with Crippen LogP contribution in [0.4, 0.5) is 0 Å². The fraction of sp³-hybridized carbons (Fsp3) is 0.941. The lowest BCUT2D eigenvalue weighted by Gasteiger charge is -2.50. The molecule has 0 aromatic carbocycles. The molecule has 3 rings (SSSR count). The Morgan fingerprint density at radius 3 is 2.09 bits per heavy atom. The zero-order chi connectivity index (χ0) is 16.3. The van der Waals surface area contributed by atoms with E-state index in [0.29, 0.717) is 6.17 Å².